The molecular weight excluding hydrogens is 220 g/mol. The largest absolute Gasteiger partial charge is 0.512 e. The van der Waals surface area contributed by atoms with Gasteiger partial charge >= 0.3 is 0 Å². The van der Waals surface area contributed by atoms with Crippen molar-refractivity contribution in [1.29, 1.82) is 0 Å². The summed E-state index contributed by atoms with van der Waals surface area (Å²) in [5.74, 6) is 0.962. The third-order valence-electron chi connectivity index (χ3n) is 2.18. The van der Waals surface area contributed by atoms with Gasteiger partial charge in [0.25, 0.3) is 0 Å². The number of phenolic OH excluding ortho intramolecular Hbond substituents is 1. The second kappa shape index (κ2) is 4.83. The van der Waals surface area contributed by atoms with Gasteiger partial charge in [-0.2, -0.15) is 0 Å². The van der Waals surface area contributed by atoms with Crippen molar-refractivity contribution in [2.45, 2.75) is 31.1 Å². The van der Waals surface area contributed by atoms with Crippen LogP contribution in [0, 0.1) is 0 Å². The monoisotopic (exact) mass is 238 g/mol. The Morgan fingerprint density at radius 1 is 1.38 bits per heavy atom. The number of benzene rings is 1. The van der Waals surface area contributed by atoms with Crippen molar-refractivity contribution < 1.29 is 10.2 Å². The number of hydrogen-bond acceptors (Lipinski definition) is 3. The van der Waals surface area contributed by atoms with E-state index in [9.17, 15) is 5.11 Å². The summed E-state index contributed by atoms with van der Waals surface area (Å²) in [6.45, 7) is 9.62. The van der Waals surface area contributed by atoms with E-state index in [1.807, 2.05) is 12.1 Å². The van der Waals surface area contributed by atoms with Gasteiger partial charge in [0.15, 0.2) is 0 Å². The summed E-state index contributed by atoms with van der Waals surface area (Å²) in [7, 11) is 0. The fraction of sp³-hybridized carbons (Fsp3) is 0.385. The van der Waals surface area contributed by atoms with Gasteiger partial charge in [-0.3, -0.25) is 0 Å². The Bertz CT molecular complexity index is 391. The molecule has 16 heavy (non-hydrogen) atoms. The van der Waals surface area contributed by atoms with Crippen LogP contribution in [-0.4, -0.2) is 16.0 Å². The molecule has 1 rings (SSSR count). The molecule has 0 atom stereocenters. The van der Waals surface area contributed by atoms with E-state index in [1.165, 1.54) is 11.8 Å². The van der Waals surface area contributed by atoms with Crippen molar-refractivity contribution >= 4 is 11.8 Å². The van der Waals surface area contributed by atoms with E-state index in [1.54, 1.807) is 6.07 Å². The molecule has 88 valence electrons. The lowest BCUT2D eigenvalue weighted by Crippen LogP contribution is -2.11. The van der Waals surface area contributed by atoms with Crippen LogP contribution in [0.4, 0.5) is 0 Å². The van der Waals surface area contributed by atoms with Crippen molar-refractivity contribution in [2.75, 3.05) is 5.75 Å². The minimum absolute atomic E-state index is 0.0864. The summed E-state index contributed by atoms with van der Waals surface area (Å²) in [4.78, 5) is 1.03. The average molecular weight is 238 g/mol. The van der Waals surface area contributed by atoms with Crippen LogP contribution in [0.3, 0.4) is 0 Å². The zero-order chi connectivity index (χ0) is 12.3. The van der Waals surface area contributed by atoms with E-state index in [0.29, 0.717) is 11.5 Å². The highest BCUT2D eigenvalue weighted by molar-refractivity contribution is 7.99. The topological polar surface area (TPSA) is 40.5 Å². The van der Waals surface area contributed by atoms with Gasteiger partial charge in [-0.25, -0.2) is 0 Å². The fourth-order valence-corrected chi connectivity index (χ4v) is 2.07. The molecule has 0 fully saturated rings. The summed E-state index contributed by atoms with van der Waals surface area (Å²) in [6.07, 6.45) is 0. The molecule has 0 saturated carbocycles. The number of aromatic hydroxyl groups is 1. The summed E-state index contributed by atoms with van der Waals surface area (Å²) < 4.78 is 0. The van der Waals surface area contributed by atoms with Crippen molar-refractivity contribution in [1.82, 2.24) is 0 Å². The second-order valence-electron chi connectivity index (χ2n) is 4.78. The Hall–Kier alpha value is -1.09. The molecule has 1 aromatic rings. The van der Waals surface area contributed by atoms with E-state index in [4.69, 9.17) is 5.11 Å². The van der Waals surface area contributed by atoms with E-state index in [2.05, 4.69) is 27.4 Å². The van der Waals surface area contributed by atoms with Crippen LogP contribution < -0.4 is 0 Å². The molecule has 0 aliphatic heterocycles. The van der Waals surface area contributed by atoms with Gasteiger partial charge in [0.1, 0.15) is 5.75 Å². The quantitative estimate of drug-likeness (QED) is 0.620. The minimum Gasteiger partial charge on any atom is -0.512 e. The molecule has 3 heteroatoms. The molecule has 0 bridgehead atoms. The smallest absolute Gasteiger partial charge is 0.119 e. The molecular formula is C13H18O2S. The number of aliphatic hydroxyl groups excluding tert-OH is 1. The Morgan fingerprint density at radius 3 is 2.50 bits per heavy atom. The number of rotatable bonds is 3. The molecule has 0 amide bonds. The van der Waals surface area contributed by atoms with Crippen molar-refractivity contribution in [2.24, 2.45) is 0 Å². The highest BCUT2D eigenvalue weighted by Crippen LogP contribution is 2.34. The minimum atomic E-state index is -0.0864. The Labute approximate surface area is 101 Å². The van der Waals surface area contributed by atoms with Crippen LogP contribution in [-0.2, 0) is 5.41 Å². The fourth-order valence-electron chi connectivity index (χ4n) is 1.37. The molecule has 0 radical (unpaired) electrons. The molecule has 0 spiro atoms. The molecule has 0 saturated heterocycles. The molecule has 0 aliphatic rings. The standard InChI is InChI=1S/C13H18O2S/c1-9(14)8-16-10-5-6-12(15)11(7-10)13(2,3)4/h5-7,14-15H,1,8H2,2-4H3. The average Bonchev–Trinajstić information content (AvgIpc) is 2.14. The third-order valence-corrected chi connectivity index (χ3v) is 3.25. The van der Waals surface area contributed by atoms with Crippen molar-refractivity contribution in [3.05, 3.63) is 36.1 Å². The predicted molar refractivity (Wildman–Crippen MR) is 69.3 cm³/mol. The lowest BCUT2D eigenvalue weighted by molar-refractivity contribution is 0.420. The molecule has 0 aliphatic carbocycles. The van der Waals surface area contributed by atoms with Crippen LogP contribution in [0.25, 0.3) is 0 Å². The van der Waals surface area contributed by atoms with Gasteiger partial charge in [-0.1, -0.05) is 27.4 Å². The van der Waals surface area contributed by atoms with E-state index in [0.717, 1.165) is 10.5 Å². The number of aliphatic hydroxyl groups is 1. The van der Waals surface area contributed by atoms with Crippen LogP contribution in [0.1, 0.15) is 26.3 Å². The zero-order valence-electron chi connectivity index (χ0n) is 9.95. The van der Waals surface area contributed by atoms with E-state index < -0.39 is 0 Å². The maximum atomic E-state index is 9.77. The maximum Gasteiger partial charge on any atom is 0.119 e. The number of hydrogen-bond donors (Lipinski definition) is 2. The van der Waals surface area contributed by atoms with E-state index >= 15 is 0 Å². The Balaban J connectivity index is 2.94. The first-order valence-corrected chi connectivity index (χ1v) is 6.12. The molecule has 0 heterocycles. The normalized spacial score (nSPS) is 11.4. The Morgan fingerprint density at radius 2 is 2.00 bits per heavy atom. The molecule has 0 unspecified atom stereocenters. The molecule has 0 aromatic heterocycles. The second-order valence-corrected chi connectivity index (χ2v) is 5.83. The van der Waals surface area contributed by atoms with Crippen LogP contribution >= 0.6 is 11.8 Å². The molecule has 1 aromatic carbocycles. The molecule has 2 N–H and O–H groups in total. The van der Waals surface area contributed by atoms with Crippen LogP contribution in [0.15, 0.2) is 35.4 Å². The van der Waals surface area contributed by atoms with Gasteiger partial charge in [0.05, 0.1) is 11.5 Å². The van der Waals surface area contributed by atoms with Crippen molar-refractivity contribution in [3.63, 3.8) is 0 Å². The van der Waals surface area contributed by atoms with Gasteiger partial charge in [0, 0.05) is 10.5 Å². The highest BCUT2D eigenvalue weighted by Gasteiger charge is 2.18. The van der Waals surface area contributed by atoms with Gasteiger partial charge in [-0.05, 0) is 23.6 Å². The van der Waals surface area contributed by atoms with Gasteiger partial charge in [0.2, 0.25) is 0 Å². The summed E-state index contributed by atoms with van der Waals surface area (Å²) in [5.41, 5.74) is 0.831. The SMILES string of the molecule is C=C(O)CSc1ccc(O)c(C(C)(C)C)c1. The Kier molecular flexibility index (Phi) is 3.92. The van der Waals surface area contributed by atoms with E-state index in [-0.39, 0.29) is 11.2 Å². The maximum absolute atomic E-state index is 9.77. The van der Waals surface area contributed by atoms with Crippen LogP contribution in [0.2, 0.25) is 0 Å². The summed E-state index contributed by atoms with van der Waals surface area (Å²) in [6, 6.07) is 5.50. The first-order valence-electron chi connectivity index (χ1n) is 5.14. The summed E-state index contributed by atoms with van der Waals surface area (Å²) >= 11 is 1.51. The van der Waals surface area contributed by atoms with Crippen molar-refractivity contribution in [3.8, 4) is 5.75 Å². The third kappa shape index (κ3) is 3.49. The van der Waals surface area contributed by atoms with Gasteiger partial charge < -0.3 is 10.2 Å². The number of thioether (sulfide) groups is 1. The zero-order valence-corrected chi connectivity index (χ0v) is 10.8. The lowest BCUT2D eigenvalue weighted by Gasteiger charge is -2.21. The van der Waals surface area contributed by atoms with Gasteiger partial charge in [-0.15, -0.1) is 11.8 Å². The van der Waals surface area contributed by atoms with Crippen LogP contribution in [0.5, 0.6) is 5.75 Å². The molecule has 2 nitrogen and oxygen atoms in total. The number of phenols is 1. The highest BCUT2D eigenvalue weighted by atomic mass is 32.2. The summed E-state index contributed by atoms with van der Waals surface area (Å²) in [5, 5.41) is 18.8. The first kappa shape index (κ1) is 13.0. The lowest BCUT2D eigenvalue weighted by atomic mass is 9.86. The predicted octanol–water partition coefficient (Wildman–Crippen LogP) is 3.85. The first-order chi connectivity index (χ1) is 7.30.